The van der Waals surface area contributed by atoms with E-state index in [1.807, 2.05) is 26.8 Å². The van der Waals surface area contributed by atoms with E-state index >= 15 is 0 Å². The summed E-state index contributed by atoms with van der Waals surface area (Å²) >= 11 is 0. The van der Waals surface area contributed by atoms with Crippen molar-refractivity contribution in [3.05, 3.63) is 0 Å². The lowest BCUT2D eigenvalue weighted by molar-refractivity contribution is -0.125. The predicted molar refractivity (Wildman–Crippen MR) is 53.2 cm³/mol. The molecule has 0 aliphatic rings. The van der Waals surface area contributed by atoms with Crippen LogP contribution in [0.2, 0.25) is 0 Å². The van der Waals surface area contributed by atoms with Crippen LogP contribution in [0.4, 0.5) is 0 Å². The van der Waals surface area contributed by atoms with Gasteiger partial charge in [0.1, 0.15) is 5.92 Å². The fraction of sp³-hybridized carbons (Fsp3) is 0.800. The van der Waals surface area contributed by atoms with Gasteiger partial charge in [0.15, 0.2) is 0 Å². The van der Waals surface area contributed by atoms with Crippen molar-refractivity contribution in [1.29, 1.82) is 5.26 Å². The highest BCUT2D eigenvalue weighted by Gasteiger charge is 2.22. The molecule has 0 bridgehead atoms. The molecule has 0 radical (unpaired) electrons. The molecule has 14 heavy (non-hydrogen) atoms. The minimum absolute atomic E-state index is 0.0151. The number of carbonyl (C=O) groups excluding carboxylic acids is 1. The van der Waals surface area contributed by atoms with Crippen LogP contribution in [-0.4, -0.2) is 23.7 Å². The summed E-state index contributed by atoms with van der Waals surface area (Å²) in [4.78, 5) is 11.5. The van der Waals surface area contributed by atoms with E-state index in [-0.39, 0.29) is 24.5 Å². The Morgan fingerprint density at radius 3 is 2.43 bits per heavy atom. The number of amides is 1. The molecule has 2 N–H and O–H groups in total. The maximum atomic E-state index is 11.5. The number of nitrogens with zero attached hydrogens (tertiary/aromatic N) is 1. The first kappa shape index (κ1) is 12.9. The average Bonchev–Trinajstić information content (AvgIpc) is 2.04. The molecule has 0 spiro atoms. The fourth-order valence-electron chi connectivity index (χ4n) is 1.11. The minimum atomic E-state index is -0.601. The van der Waals surface area contributed by atoms with Gasteiger partial charge in [-0.15, -0.1) is 0 Å². The second-order valence-corrected chi connectivity index (χ2v) is 3.77. The predicted octanol–water partition coefficient (Wildman–Crippen LogP) is 0.669. The number of rotatable bonds is 5. The van der Waals surface area contributed by atoms with E-state index in [1.54, 1.807) is 0 Å². The number of aliphatic hydroxyl groups excluding tert-OH is 1. The normalized spacial score (nSPS) is 14.6. The Hall–Kier alpha value is -1.08. The Morgan fingerprint density at radius 2 is 2.07 bits per heavy atom. The molecule has 0 aliphatic carbocycles. The molecular weight excluding hydrogens is 180 g/mol. The van der Waals surface area contributed by atoms with Crippen molar-refractivity contribution < 1.29 is 9.90 Å². The Balaban J connectivity index is 4.12. The Bertz CT molecular complexity index is 221. The molecule has 0 aromatic rings. The monoisotopic (exact) mass is 198 g/mol. The van der Waals surface area contributed by atoms with Gasteiger partial charge in [-0.1, -0.05) is 13.8 Å². The van der Waals surface area contributed by atoms with Gasteiger partial charge >= 0.3 is 0 Å². The third kappa shape index (κ3) is 4.24. The minimum Gasteiger partial charge on any atom is -0.396 e. The third-order valence-electron chi connectivity index (χ3n) is 2.04. The maximum Gasteiger partial charge on any atom is 0.237 e. The molecule has 0 saturated carbocycles. The van der Waals surface area contributed by atoms with Crippen LogP contribution in [0.15, 0.2) is 0 Å². The van der Waals surface area contributed by atoms with Crippen LogP contribution in [-0.2, 0) is 4.79 Å². The third-order valence-corrected chi connectivity index (χ3v) is 2.04. The highest BCUT2D eigenvalue weighted by atomic mass is 16.3. The summed E-state index contributed by atoms with van der Waals surface area (Å²) in [5, 5.41) is 20.1. The number of aliphatic hydroxyl groups is 1. The SMILES string of the molecule is CC(CCO)NC(=O)C(C#N)C(C)C. The second-order valence-electron chi connectivity index (χ2n) is 3.77. The van der Waals surface area contributed by atoms with Gasteiger partial charge < -0.3 is 10.4 Å². The van der Waals surface area contributed by atoms with Crippen LogP contribution in [0.25, 0.3) is 0 Å². The first-order chi connectivity index (χ1) is 6.52. The van der Waals surface area contributed by atoms with Crippen LogP contribution in [0.1, 0.15) is 27.2 Å². The van der Waals surface area contributed by atoms with E-state index in [0.29, 0.717) is 6.42 Å². The Kier molecular flexibility index (Phi) is 5.89. The summed E-state index contributed by atoms with van der Waals surface area (Å²) in [5.41, 5.74) is 0. The summed E-state index contributed by atoms with van der Waals surface area (Å²) in [6.07, 6.45) is 0.516. The number of carbonyl (C=O) groups is 1. The molecule has 2 unspecified atom stereocenters. The second kappa shape index (κ2) is 6.39. The summed E-state index contributed by atoms with van der Waals surface area (Å²) in [5.74, 6) is -0.832. The lowest BCUT2D eigenvalue weighted by Crippen LogP contribution is -2.38. The van der Waals surface area contributed by atoms with Gasteiger partial charge in [0.05, 0.1) is 6.07 Å². The van der Waals surface area contributed by atoms with Crippen LogP contribution >= 0.6 is 0 Å². The van der Waals surface area contributed by atoms with Crippen molar-refractivity contribution in [2.24, 2.45) is 11.8 Å². The van der Waals surface area contributed by atoms with Crippen molar-refractivity contribution in [3.8, 4) is 6.07 Å². The summed E-state index contributed by atoms with van der Waals surface area (Å²) in [6.45, 7) is 5.53. The van der Waals surface area contributed by atoms with Crippen molar-refractivity contribution in [3.63, 3.8) is 0 Å². The van der Waals surface area contributed by atoms with Crippen LogP contribution < -0.4 is 5.32 Å². The molecule has 1 amide bonds. The van der Waals surface area contributed by atoms with E-state index in [2.05, 4.69) is 5.32 Å². The maximum absolute atomic E-state index is 11.5. The van der Waals surface area contributed by atoms with Gasteiger partial charge in [0.25, 0.3) is 0 Å². The van der Waals surface area contributed by atoms with Gasteiger partial charge in [0, 0.05) is 12.6 Å². The molecule has 0 aliphatic heterocycles. The molecule has 0 aromatic carbocycles. The lowest BCUT2D eigenvalue weighted by Gasteiger charge is -2.17. The number of nitriles is 1. The van der Waals surface area contributed by atoms with Crippen molar-refractivity contribution in [1.82, 2.24) is 5.32 Å². The zero-order valence-electron chi connectivity index (χ0n) is 8.95. The van der Waals surface area contributed by atoms with Crippen LogP contribution in [0.3, 0.4) is 0 Å². The molecule has 0 saturated heterocycles. The molecule has 0 rings (SSSR count). The fourth-order valence-corrected chi connectivity index (χ4v) is 1.11. The summed E-state index contributed by atoms with van der Waals surface area (Å²) in [7, 11) is 0. The summed E-state index contributed by atoms with van der Waals surface area (Å²) in [6, 6.07) is 1.89. The van der Waals surface area contributed by atoms with Gasteiger partial charge in [-0.3, -0.25) is 4.79 Å². The zero-order valence-corrected chi connectivity index (χ0v) is 8.95. The largest absolute Gasteiger partial charge is 0.396 e. The molecule has 0 aromatic heterocycles. The highest BCUT2D eigenvalue weighted by Crippen LogP contribution is 2.09. The van der Waals surface area contributed by atoms with Crippen molar-refractivity contribution in [2.45, 2.75) is 33.2 Å². The molecule has 80 valence electrons. The van der Waals surface area contributed by atoms with Gasteiger partial charge in [-0.25, -0.2) is 0 Å². The molecule has 4 nitrogen and oxygen atoms in total. The number of nitrogens with one attached hydrogen (secondary N) is 1. The van der Waals surface area contributed by atoms with E-state index in [1.165, 1.54) is 0 Å². The van der Waals surface area contributed by atoms with Crippen molar-refractivity contribution in [2.75, 3.05) is 6.61 Å². The average molecular weight is 198 g/mol. The first-order valence-electron chi connectivity index (χ1n) is 4.83. The zero-order chi connectivity index (χ0) is 11.1. The van der Waals surface area contributed by atoms with Crippen LogP contribution in [0.5, 0.6) is 0 Å². The quantitative estimate of drug-likeness (QED) is 0.682. The molecule has 0 heterocycles. The summed E-state index contributed by atoms with van der Waals surface area (Å²) < 4.78 is 0. The highest BCUT2D eigenvalue weighted by molar-refractivity contribution is 5.81. The molecule has 0 fully saturated rings. The van der Waals surface area contributed by atoms with Gasteiger partial charge in [-0.2, -0.15) is 5.26 Å². The van der Waals surface area contributed by atoms with E-state index in [9.17, 15) is 4.79 Å². The van der Waals surface area contributed by atoms with Gasteiger partial charge in [0.2, 0.25) is 5.91 Å². The first-order valence-corrected chi connectivity index (χ1v) is 4.83. The topological polar surface area (TPSA) is 73.1 Å². The molecule has 4 heteroatoms. The number of hydrogen-bond acceptors (Lipinski definition) is 3. The van der Waals surface area contributed by atoms with E-state index in [4.69, 9.17) is 10.4 Å². The van der Waals surface area contributed by atoms with Crippen molar-refractivity contribution >= 4 is 5.91 Å². The van der Waals surface area contributed by atoms with E-state index < -0.39 is 5.92 Å². The Labute approximate surface area is 84.9 Å². The molecule has 2 atom stereocenters. The van der Waals surface area contributed by atoms with Crippen LogP contribution in [0, 0.1) is 23.2 Å². The smallest absolute Gasteiger partial charge is 0.237 e. The molecular formula is C10H18N2O2. The standard InChI is InChI=1S/C10H18N2O2/c1-7(2)9(6-11)10(14)12-8(3)4-5-13/h7-9,13H,4-5H2,1-3H3,(H,12,14). The lowest BCUT2D eigenvalue weighted by atomic mass is 9.96. The van der Waals surface area contributed by atoms with E-state index in [0.717, 1.165) is 0 Å². The van der Waals surface area contributed by atoms with Gasteiger partial charge in [-0.05, 0) is 19.3 Å². The number of hydrogen-bond donors (Lipinski definition) is 2. The Morgan fingerprint density at radius 1 is 1.50 bits per heavy atom.